The van der Waals surface area contributed by atoms with Crippen molar-refractivity contribution in [1.29, 1.82) is 0 Å². The van der Waals surface area contributed by atoms with Crippen molar-refractivity contribution >= 4 is 21.7 Å². The molecule has 0 radical (unpaired) electrons. The Morgan fingerprint density at radius 3 is 3.00 bits per heavy atom. The highest BCUT2D eigenvalue weighted by Crippen LogP contribution is 2.34. The minimum atomic E-state index is 0.193. The SMILES string of the molecule is CCC(C)CC(=O)c1cc(Br)cc2c1OCC2. The third kappa shape index (κ3) is 2.71. The minimum absolute atomic E-state index is 0.193. The molecule has 0 aliphatic carbocycles. The lowest BCUT2D eigenvalue weighted by Gasteiger charge is -2.11. The fraction of sp³-hybridized carbons (Fsp3) is 0.500. The van der Waals surface area contributed by atoms with Gasteiger partial charge in [0.2, 0.25) is 0 Å². The number of carbonyl (C=O) groups is 1. The number of halogens is 1. The predicted octanol–water partition coefficient (Wildman–Crippen LogP) is 4.00. The predicted molar refractivity (Wildman–Crippen MR) is 71.7 cm³/mol. The normalized spacial score (nSPS) is 15.2. The largest absolute Gasteiger partial charge is 0.492 e. The molecule has 1 aliphatic heterocycles. The first kappa shape index (κ1) is 12.6. The van der Waals surface area contributed by atoms with Crippen molar-refractivity contribution in [2.75, 3.05) is 6.61 Å². The van der Waals surface area contributed by atoms with Crippen LogP contribution in [0, 0.1) is 5.92 Å². The van der Waals surface area contributed by atoms with Gasteiger partial charge >= 0.3 is 0 Å². The van der Waals surface area contributed by atoms with E-state index in [1.807, 2.05) is 12.1 Å². The van der Waals surface area contributed by atoms with Crippen LogP contribution in [0.1, 0.15) is 42.6 Å². The first-order chi connectivity index (χ1) is 8.11. The van der Waals surface area contributed by atoms with Gasteiger partial charge in [-0.05, 0) is 23.6 Å². The number of fused-ring (bicyclic) bond motifs is 1. The topological polar surface area (TPSA) is 26.3 Å². The molecule has 1 unspecified atom stereocenters. The summed E-state index contributed by atoms with van der Waals surface area (Å²) in [6.45, 7) is 4.91. The average Bonchev–Trinajstić information content (AvgIpc) is 2.75. The molecule has 0 fully saturated rings. The van der Waals surface area contributed by atoms with Gasteiger partial charge in [-0.2, -0.15) is 0 Å². The van der Waals surface area contributed by atoms with Crippen LogP contribution in [0.5, 0.6) is 5.75 Å². The Morgan fingerprint density at radius 1 is 1.53 bits per heavy atom. The molecule has 0 saturated heterocycles. The molecule has 0 N–H and O–H groups in total. The molecule has 0 aromatic heterocycles. The number of rotatable bonds is 4. The van der Waals surface area contributed by atoms with Gasteiger partial charge in [0.1, 0.15) is 5.75 Å². The Balaban J connectivity index is 2.29. The van der Waals surface area contributed by atoms with E-state index in [0.717, 1.165) is 34.2 Å². The average molecular weight is 297 g/mol. The number of hydrogen-bond donors (Lipinski definition) is 0. The summed E-state index contributed by atoms with van der Waals surface area (Å²) in [5.74, 6) is 1.43. The third-order valence-corrected chi connectivity index (χ3v) is 3.74. The van der Waals surface area contributed by atoms with Gasteiger partial charge < -0.3 is 4.74 Å². The van der Waals surface area contributed by atoms with Crippen molar-refractivity contribution in [3.8, 4) is 5.75 Å². The van der Waals surface area contributed by atoms with Crippen molar-refractivity contribution in [1.82, 2.24) is 0 Å². The molecule has 92 valence electrons. The van der Waals surface area contributed by atoms with Crippen LogP contribution in [0.25, 0.3) is 0 Å². The van der Waals surface area contributed by atoms with Gasteiger partial charge in [0, 0.05) is 17.3 Å². The lowest BCUT2D eigenvalue weighted by atomic mass is 9.96. The van der Waals surface area contributed by atoms with Crippen LogP contribution in [0.4, 0.5) is 0 Å². The summed E-state index contributed by atoms with van der Waals surface area (Å²) in [7, 11) is 0. The zero-order chi connectivity index (χ0) is 12.4. The molecular formula is C14H17BrO2. The Morgan fingerprint density at radius 2 is 2.29 bits per heavy atom. The fourth-order valence-corrected chi connectivity index (χ4v) is 2.55. The number of benzene rings is 1. The molecule has 1 aromatic rings. The van der Waals surface area contributed by atoms with E-state index in [1.54, 1.807) is 0 Å². The van der Waals surface area contributed by atoms with Crippen molar-refractivity contribution < 1.29 is 9.53 Å². The standard InChI is InChI=1S/C14H17BrO2/c1-3-9(2)6-13(16)12-8-11(15)7-10-4-5-17-14(10)12/h7-9H,3-6H2,1-2H3. The zero-order valence-electron chi connectivity index (χ0n) is 10.3. The number of Topliss-reactive ketones (excluding diaryl/α,β-unsaturated/α-hetero) is 1. The van der Waals surface area contributed by atoms with E-state index in [9.17, 15) is 4.79 Å². The fourth-order valence-electron chi connectivity index (χ4n) is 2.05. The van der Waals surface area contributed by atoms with Crippen LogP contribution < -0.4 is 4.74 Å². The van der Waals surface area contributed by atoms with Crippen LogP contribution in [-0.2, 0) is 6.42 Å². The summed E-state index contributed by atoms with van der Waals surface area (Å²) in [4.78, 5) is 12.2. The third-order valence-electron chi connectivity index (χ3n) is 3.28. The lowest BCUT2D eigenvalue weighted by molar-refractivity contribution is 0.0960. The summed E-state index contributed by atoms with van der Waals surface area (Å²) >= 11 is 3.46. The number of ketones is 1. The molecule has 0 saturated carbocycles. The molecule has 1 atom stereocenters. The van der Waals surface area contributed by atoms with Gasteiger partial charge in [0.25, 0.3) is 0 Å². The maximum absolute atomic E-state index is 12.2. The van der Waals surface area contributed by atoms with E-state index in [0.29, 0.717) is 18.9 Å². The molecule has 1 aliphatic rings. The number of hydrogen-bond acceptors (Lipinski definition) is 2. The number of ether oxygens (including phenoxy) is 1. The minimum Gasteiger partial charge on any atom is -0.492 e. The molecule has 0 bridgehead atoms. The monoisotopic (exact) mass is 296 g/mol. The first-order valence-corrected chi connectivity index (χ1v) is 6.89. The van der Waals surface area contributed by atoms with E-state index in [4.69, 9.17) is 4.74 Å². The molecule has 1 heterocycles. The molecule has 17 heavy (non-hydrogen) atoms. The Kier molecular flexibility index (Phi) is 3.87. The van der Waals surface area contributed by atoms with Gasteiger partial charge in [0.05, 0.1) is 12.2 Å². The van der Waals surface area contributed by atoms with E-state index < -0.39 is 0 Å². The van der Waals surface area contributed by atoms with Crippen molar-refractivity contribution in [3.05, 3.63) is 27.7 Å². The van der Waals surface area contributed by atoms with Crippen LogP contribution >= 0.6 is 15.9 Å². The van der Waals surface area contributed by atoms with Gasteiger partial charge in [-0.25, -0.2) is 0 Å². The Hall–Kier alpha value is -0.830. The summed E-state index contributed by atoms with van der Waals surface area (Å²) in [6.07, 6.45) is 2.53. The molecule has 3 heteroatoms. The van der Waals surface area contributed by atoms with E-state index in [-0.39, 0.29) is 5.78 Å². The van der Waals surface area contributed by atoms with Crippen LogP contribution in [0.3, 0.4) is 0 Å². The summed E-state index contributed by atoms with van der Waals surface area (Å²) in [6, 6.07) is 3.93. The van der Waals surface area contributed by atoms with Gasteiger partial charge in [-0.3, -0.25) is 4.79 Å². The van der Waals surface area contributed by atoms with E-state index in [2.05, 4.69) is 29.8 Å². The lowest BCUT2D eigenvalue weighted by Crippen LogP contribution is -2.07. The highest BCUT2D eigenvalue weighted by Gasteiger charge is 2.22. The molecule has 2 nitrogen and oxygen atoms in total. The molecular weight excluding hydrogens is 280 g/mol. The van der Waals surface area contributed by atoms with Crippen LogP contribution in [0.2, 0.25) is 0 Å². The second kappa shape index (κ2) is 5.21. The first-order valence-electron chi connectivity index (χ1n) is 6.10. The van der Waals surface area contributed by atoms with Crippen molar-refractivity contribution in [2.24, 2.45) is 5.92 Å². The van der Waals surface area contributed by atoms with Gasteiger partial charge in [-0.1, -0.05) is 36.2 Å². The summed E-state index contributed by atoms with van der Waals surface area (Å²) < 4.78 is 6.55. The van der Waals surface area contributed by atoms with Crippen LogP contribution in [-0.4, -0.2) is 12.4 Å². The van der Waals surface area contributed by atoms with Gasteiger partial charge in [-0.15, -0.1) is 0 Å². The second-order valence-corrected chi connectivity index (χ2v) is 5.60. The maximum atomic E-state index is 12.2. The van der Waals surface area contributed by atoms with E-state index >= 15 is 0 Å². The molecule has 1 aromatic carbocycles. The summed E-state index contributed by atoms with van der Waals surface area (Å²) in [5.41, 5.74) is 1.89. The molecule has 0 spiro atoms. The smallest absolute Gasteiger partial charge is 0.166 e. The quantitative estimate of drug-likeness (QED) is 0.785. The van der Waals surface area contributed by atoms with Crippen molar-refractivity contribution in [2.45, 2.75) is 33.1 Å². The van der Waals surface area contributed by atoms with Crippen LogP contribution in [0.15, 0.2) is 16.6 Å². The summed E-state index contributed by atoms with van der Waals surface area (Å²) in [5, 5.41) is 0. The Bertz CT molecular complexity index is 440. The maximum Gasteiger partial charge on any atom is 0.166 e. The van der Waals surface area contributed by atoms with Gasteiger partial charge in [0.15, 0.2) is 5.78 Å². The number of carbonyl (C=O) groups excluding carboxylic acids is 1. The highest BCUT2D eigenvalue weighted by atomic mass is 79.9. The molecule has 2 rings (SSSR count). The van der Waals surface area contributed by atoms with E-state index in [1.165, 1.54) is 0 Å². The molecule has 0 amide bonds. The highest BCUT2D eigenvalue weighted by molar-refractivity contribution is 9.10. The zero-order valence-corrected chi connectivity index (χ0v) is 11.8. The second-order valence-electron chi connectivity index (χ2n) is 4.68. The Labute approximate surface area is 110 Å². The van der Waals surface area contributed by atoms with Crippen molar-refractivity contribution in [3.63, 3.8) is 0 Å².